The number of methoxy groups -OCH3 is 1. The monoisotopic (exact) mass is 541 g/mol. The first-order chi connectivity index (χ1) is 20.0. The van der Waals surface area contributed by atoms with E-state index < -0.39 is 0 Å². The molecule has 7 rings (SSSR count). The molecular formula is C33H27N5O3. The number of ether oxygens (including phenoxy) is 1. The van der Waals surface area contributed by atoms with Gasteiger partial charge in [-0.15, -0.1) is 0 Å². The minimum Gasteiger partial charge on any atom is -0.503 e. The van der Waals surface area contributed by atoms with Gasteiger partial charge in [-0.05, 0) is 84.6 Å². The van der Waals surface area contributed by atoms with Gasteiger partial charge in [0, 0.05) is 44.6 Å². The Hall–Kier alpha value is -5.50. The Morgan fingerprint density at radius 1 is 0.707 bits per heavy atom. The third-order valence-corrected chi connectivity index (χ3v) is 7.49. The van der Waals surface area contributed by atoms with Gasteiger partial charge in [0.05, 0.1) is 12.8 Å². The molecule has 0 atom stereocenters. The molecule has 6 N–H and O–H groups in total. The summed E-state index contributed by atoms with van der Waals surface area (Å²) < 4.78 is 5.34. The molecule has 0 spiro atoms. The van der Waals surface area contributed by atoms with Gasteiger partial charge < -0.3 is 30.7 Å². The topological polar surface area (TPSA) is 133 Å². The predicted octanol–water partition coefficient (Wildman–Crippen LogP) is 6.97. The van der Waals surface area contributed by atoms with Crippen LogP contribution in [0.5, 0.6) is 5.75 Å². The molecule has 3 aromatic heterocycles. The van der Waals surface area contributed by atoms with Crippen LogP contribution in [0.3, 0.4) is 0 Å². The standard InChI is InChI=1S/C33H27N5O3/c1-41-24-11-4-19(5-12-24)30-27-15-9-22(36-27)16-21-8-13-25(35-21)29(18-2-6-20(34)7-3-18)26-14-10-23(37-26)17-28-32(39)33(40)31(30)38-28/h2-7,9-12,14-17,36-37,39-40H,8,13,34H2,1H3. The smallest absolute Gasteiger partial charge is 0.186 e. The second-order valence-electron chi connectivity index (χ2n) is 10.1. The van der Waals surface area contributed by atoms with Crippen molar-refractivity contribution < 1.29 is 14.9 Å². The Morgan fingerprint density at radius 3 is 2.05 bits per heavy atom. The molecule has 0 saturated heterocycles. The summed E-state index contributed by atoms with van der Waals surface area (Å²) in [6.07, 6.45) is 1.60. The maximum absolute atomic E-state index is 11.1. The first-order valence-electron chi connectivity index (χ1n) is 13.3. The Kier molecular flexibility index (Phi) is 5.75. The number of nitrogens with one attached hydrogen (secondary N) is 2. The summed E-state index contributed by atoms with van der Waals surface area (Å²) in [6.45, 7) is 0. The minimum atomic E-state index is -0.286. The molecule has 0 fully saturated rings. The van der Waals surface area contributed by atoms with Gasteiger partial charge in [0.1, 0.15) is 17.1 Å². The molecule has 5 heterocycles. The number of aryl methyl sites for hydroxylation is 2. The summed E-state index contributed by atoms with van der Waals surface area (Å²) in [5.41, 5.74) is 15.8. The number of nitrogens with two attached hydrogens (primary N) is 1. The molecule has 8 bridgehead atoms. The summed E-state index contributed by atoms with van der Waals surface area (Å²) in [7, 11) is 1.61. The van der Waals surface area contributed by atoms with Crippen LogP contribution in [-0.4, -0.2) is 37.3 Å². The average molecular weight is 542 g/mol. The number of anilines is 1. The van der Waals surface area contributed by atoms with Crippen molar-refractivity contribution in [3.63, 3.8) is 0 Å². The lowest BCUT2D eigenvalue weighted by Crippen LogP contribution is -1.90. The predicted molar refractivity (Wildman–Crippen MR) is 162 cm³/mol. The molecule has 8 nitrogen and oxygen atoms in total. The molecule has 2 aliphatic heterocycles. The van der Waals surface area contributed by atoms with Crippen LogP contribution >= 0.6 is 0 Å². The zero-order valence-electron chi connectivity index (χ0n) is 22.3. The second-order valence-corrected chi connectivity index (χ2v) is 10.1. The number of aromatic nitrogens is 4. The normalized spacial score (nSPS) is 13.0. The zero-order chi connectivity index (χ0) is 28.1. The van der Waals surface area contributed by atoms with Crippen molar-refractivity contribution in [1.82, 2.24) is 19.9 Å². The second kappa shape index (κ2) is 9.60. The molecule has 0 radical (unpaired) electrons. The van der Waals surface area contributed by atoms with Gasteiger partial charge in [-0.25, -0.2) is 4.98 Å². The van der Waals surface area contributed by atoms with Crippen LogP contribution in [0.15, 0.2) is 84.9 Å². The molecule has 0 unspecified atom stereocenters. The summed E-state index contributed by atoms with van der Waals surface area (Å²) >= 11 is 0. The number of H-pyrrole nitrogens is 2. The van der Waals surface area contributed by atoms with Crippen molar-refractivity contribution in [2.24, 2.45) is 0 Å². The third-order valence-electron chi connectivity index (χ3n) is 7.49. The van der Waals surface area contributed by atoms with E-state index in [9.17, 15) is 10.2 Å². The fourth-order valence-corrected chi connectivity index (χ4v) is 5.47. The highest BCUT2D eigenvalue weighted by Crippen LogP contribution is 2.36. The van der Waals surface area contributed by atoms with Crippen LogP contribution in [-0.2, 0) is 12.8 Å². The molecule has 202 valence electrons. The number of hydrogen-bond donors (Lipinski definition) is 5. The Balaban J connectivity index is 1.57. The highest BCUT2D eigenvalue weighted by atomic mass is 16.5. The molecule has 0 saturated carbocycles. The van der Waals surface area contributed by atoms with Gasteiger partial charge in [0.2, 0.25) is 0 Å². The van der Waals surface area contributed by atoms with Crippen LogP contribution in [0.25, 0.3) is 55.8 Å². The van der Waals surface area contributed by atoms with Gasteiger partial charge in [0.25, 0.3) is 0 Å². The number of aliphatic hydroxyl groups is 2. The Labute approximate surface area is 235 Å². The highest BCUT2D eigenvalue weighted by molar-refractivity contribution is 5.96. The summed E-state index contributed by atoms with van der Waals surface area (Å²) in [5, 5.41) is 22.1. The first-order valence-corrected chi connectivity index (χ1v) is 13.3. The van der Waals surface area contributed by atoms with E-state index in [0.29, 0.717) is 17.0 Å². The lowest BCUT2D eigenvalue weighted by molar-refractivity contribution is 0.415. The summed E-state index contributed by atoms with van der Waals surface area (Å²) in [4.78, 5) is 16.7. The van der Waals surface area contributed by atoms with Crippen molar-refractivity contribution in [2.45, 2.75) is 12.8 Å². The van der Waals surface area contributed by atoms with E-state index in [2.05, 4.69) is 9.97 Å². The van der Waals surface area contributed by atoms with Crippen molar-refractivity contribution >= 4 is 39.3 Å². The number of aliphatic hydroxyl groups excluding tert-OH is 2. The zero-order valence-corrected chi connectivity index (χ0v) is 22.3. The number of nitrogen functional groups attached to an aromatic ring is 1. The number of aromatic amines is 2. The number of nitrogens with zero attached hydrogens (tertiary/aromatic N) is 2. The van der Waals surface area contributed by atoms with Gasteiger partial charge in [0.15, 0.2) is 11.5 Å². The van der Waals surface area contributed by atoms with Gasteiger partial charge >= 0.3 is 0 Å². The Bertz CT molecular complexity index is 2000. The average Bonchev–Trinajstić information content (AvgIpc) is 3.79. The minimum absolute atomic E-state index is 0.255. The van der Waals surface area contributed by atoms with Crippen molar-refractivity contribution in [1.29, 1.82) is 0 Å². The molecule has 0 aliphatic carbocycles. The number of rotatable bonds is 3. The molecule has 8 heteroatoms. The van der Waals surface area contributed by atoms with E-state index in [4.69, 9.17) is 20.4 Å². The van der Waals surface area contributed by atoms with Crippen LogP contribution in [0.4, 0.5) is 5.69 Å². The first kappa shape index (κ1) is 24.5. The third kappa shape index (κ3) is 4.35. The number of benzene rings is 2. The van der Waals surface area contributed by atoms with Crippen molar-refractivity contribution in [2.75, 3.05) is 12.8 Å². The lowest BCUT2D eigenvalue weighted by atomic mass is 10.0. The summed E-state index contributed by atoms with van der Waals surface area (Å²) in [5.74, 6) is 0.140. The van der Waals surface area contributed by atoms with Crippen LogP contribution in [0, 0.1) is 0 Å². The van der Waals surface area contributed by atoms with Gasteiger partial charge in [-0.2, -0.15) is 0 Å². The maximum atomic E-state index is 11.1. The van der Waals surface area contributed by atoms with Crippen LogP contribution < -0.4 is 10.5 Å². The maximum Gasteiger partial charge on any atom is 0.186 e. The van der Waals surface area contributed by atoms with Crippen LogP contribution in [0.1, 0.15) is 22.8 Å². The van der Waals surface area contributed by atoms with Gasteiger partial charge in [-0.3, -0.25) is 4.98 Å². The van der Waals surface area contributed by atoms with Crippen molar-refractivity contribution in [3.05, 3.63) is 108 Å². The van der Waals surface area contributed by atoms with E-state index in [-0.39, 0.29) is 22.9 Å². The molecule has 2 aliphatic rings. The highest BCUT2D eigenvalue weighted by Gasteiger charge is 2.24. The molecule has 41 heavy (non-hydrogen) atoms. The van der Waals surface area contributed by atoms with E-state index in [0.717, 1.165) is 63.0 Å². The molecule has 2 aromatic carbocycles. The molecular weight excluding hydrogens is 514 g/mol. The number of fused-ring (bicyclic) bond motifs is 8. The Morgan fingerprint density at radius 2 is 1.34 bits per heavy atom. The van der Waals surface area contributed by atoms with E-state index in [1.165, 1.54) is 0 Å². The molecule has 5 aromatic rings. The van der Waals surface area contributed by atoms with Gasteiger partial charge in [-0.1, -0.05) is 24.3 Å². The van der Waals surface area contributed by atoms with Crippen LogP contribution in [0.2, 0.25) is 0 Å². The SMILES string of the molecule is COc1ccc(-c2c3nc(cc4ccc([nH]4)c(-c4ccc(N)cc4)c4nc(cc5ccc2[nH]5)CC4)C(O)=C3O)cc1. The largest absolute Gasteiger partial charge is 0.503 e. The fourth-order valence-electron chi connectivity index (χ4n) is 5.47. The van der Waals surface area contributed by atoms with Crippen molar-refractivity contribution in [3.8, 4) is 28.0 Å². The fraction of sp³-hybridized carbons (Fsp3) is 0.0909. The number of hydrogen-bond acceptors (Lipinski definition) is 6. The van der Waals surface area contributed by atoms with E-state index in [1.807, 2.05) is 78.9 Å². The van der Waals surface area contributed by atoms with E-state index in [1.54, 1.807) is 13.2 Å². The van der Waals surface area contributed by atoms with E-state index >= 15 is 0 Å². The lowest BCUT2D eigenvalue weighted by Gasteiger charge is -2.06. The summed E-state index contributed by atoms with van der Waals surface area (Å²) in [6, 6.07) is 26.9. The molecule has 0 amide bonds. The quantitative estimate of drug-likeness (QED) is 0.157.